The second kappa shape index (κ2) is 9.62. The Bertz CT molecular complexity index is 594. The smallest absolute Gasteiger partial charge is 0.348 e. The highest BCUT2D eigenvalue weighted by molar-refractivity contribution is 5.87. The van der Waals surface area contributed by atoms with Gasteiger partial charge in [-0.25, -0.2) is 0 Å². The fourth-order valence-corrected chi connectivity index (χ4v) is 1.95. The van der Waals surface area contributed by atoms with Crippen LogP contribution in [0.5, 0.6) is 0 Å². The zero-order valence-corrected chi connectivity index (χ0v) is 15.0. The maximum atomic E-state index is 12.7. The van der Waals surface area contributed by atoms with Gasteiger partial charge in [-0.3, -0.25) is 9.59 Å². The quantitative estimate of drug-likeness (QED) is 0.707. The average molecular weight is 382 g/mol. The lowest BCUT2D eigenvalue weighted by Crippen LogP contribution is -2.47. The summed E-state index contributed by atoms with van der Waals surface area (Å²) in [4.78, 5) is 23.5. The molecule has 0 saturated heterocycles. The maximum absolute atomic E-state index is 12.7. The molecule has 0 aliphatic carbocycles. The molecule has 1 aromatic carbocycles. The van der Waals surface area contributed by atoms with E-state index in [9.17, 15) is 22.8 Å². The van der Waals surface area contributed by atoms with Gasteiger partial charge in [0, 0.05) is 0 Å². The van der Waals surface area contributed by atoms with Crippen LogP contribution in [0.25, 0.3) is 0 Å². The third-order valence-corrected chi connectivity index (χ3v) is 3.54. The summed E-state index contributed by atoms with van der Waals surface area (Å²) in [7, 11) is 0. The number of hydrogen-bond acceptors (Lipinski definition) is 3. The number of amides is 2. The third kappa shape index (κ3) is 7.31. The van der Waals surface area contributed by atoms with E-state index < -0.39 is 35.6 Å². The first kappa shape index (κ1) is 23.2. The lowest BCUT2D eigenvalue weighted by atomic mass is 10.0. The Morgan fingerprint density at radius 1 is 1.20 bits per heavy atom. The van der Waals surface area contributed by atoms with Crippen LogP contribution in [-0.2, 0) is 15.8 Å². The Labute approximate surface area is 150 Å². The van der Waals surface area contributed by atoms with E-state index in [0.717, 1.165) is 12.1 Å². The highest BCUT2D eigenvalue weighted by Gasteiger charge is 2.30. The summed E-state index contributed by atoms with van der Waals surface area (Å²) < 4.78 is 38.1. The summed E-state index contributed by atoms with van der Waals surface area (Å²) in [5.41, 5.74) is 5.19. The topological polar surface area (TPSA) is 84.2 Å². The molecule has 0 spiro atoms. The third-order valence-electron chi connectivity index (χ3n) is 3.54. The number of benzene rings is 1. The molecule has 142 valence electrons. The Morgan fingerprint density at radius 2 is 1.80 bits per heavy atom. The van der Waals surface area contributed by atoms with Gasteiger partial charge in [0.15, 0.2) is 0 Å². The van der Waals surface area contributed by atoms with Crippen LogP contribution in [0.1, 0.15) is 37.9 Å². The second-order valence-electron chi connectivity index (χ2n) is 5.90. The summed E-state index contributed by atoms with van der Waals surface area (Å²) in [6, 6.07) is 3.37. The Kier molecular flexibility index (Phi) is 8.93. The molecule has 0 bridgehead atoms. The molecule has 0 aliphatic rings. The zero-order chi connectivity index (χ0) is 18.5. The van der Waals surface area contributed by atoms with Crippen molar-refractivity contribution in [3.05, 3.63) is 35.4 Å². The second-order valence-corrected chi connectivity index (χ2v) is 5.90. The van der Waals surface area contributed by atoms with Crippen LogP contribution in [0.15, 0.2) is 24.3 Å². The molecule has 1 unspecified atom stereocenters. The molecule has 0 aromatic heterocycles. The van der Waals surface area contributed by atoms with Crippen LogP contribution < -0.4 is 16.4 Å². The minimum Gasteiger partial charge on any atom is -0.348 e. The fourth-order valence-electron chi connectivity index (χ4n) is 1.95. The minimum atomic E-state index is -4.44. The number of rotatable bonds is 6. The molecule has 2 atom stereocenters. The van der Waals surface area contributed by atoms with Gasteiger partial charge in [0.25, 0.3) is 0 Å². The summed E-state index contributed by atoms with van der Waals surface area (Å²) in [5.74, 6) is -1.03. The van der Waals surface area contributed by atoms with Crippen molar-refractivity contribution in [2.24, 2.45) is 11.7 Å². The average Bonchev–Trinajstić information content (AvgIpc) is 2.50. The van der Waals surface area contributed by atoms with E-state index in [0.29, 0.717) is 5.56 Å². The Hall–Kier alpha value is -1.80. The lowest BCUT2D eigenvalue weighted by Gasteiger charge is -2.18. The van der Waals surface area contributed by atoms with Crippen molar-refractivity contribution in [3.63, 3.8) is 0 Å². The molecule has 0 fully saturated rings. The van der Waals surface area contributed by atoms with Crippen molar-refractivity contribution in [1.29, 1.82) is 0 Å². The number of carbonyl (C=O) groups is 2. The van der Waals surface area contributed by atoms with Gasteiger partial charge >= 0.3 is 6.18 Å². The first-order valence-corrected chi connectivity index (χ1v) is 7.52. The molecule has 4 N–H and O–H groups in total. The molecule has 25 heavy (non-hydrogen) atoms. The van der Waals surface area contributed by atoms with Crippen molar-refractivity contribution >= 4 is 24.2 Å². The largest absolute Gasteiger partial charge is 0.416 e. The molecule has 9 heteroatoms. The minimum absolute atomic E-state index is 0. The Balaban J connectivity index is 0.00000576. The first-order chi connectivity index (χ1) is 11.0. The van der Waals surface area contributed by atoms with E-state index in [1.807, 2.05) is 0 Å². The lowest BCUT2D eigenvalue weighted by molar-refractivity contribution is -0.137. The summed E-state index contributed by atoms with van der Waals surface area (Å²) in [6.45, 7) is 4.83. The number of hydrogen-bond donors (Lipinski definition) is 3. The number of nitrogens with one attached hydrogen (secondary N) is 2. The van der Waals surface area contributed by atoms with Crippen molar-refractivity contribution in [1.82, 2.24) is 10.6 Å². The fraction of sp³-hybridized carbons (Fsp3) is 0.500. The highest BCUT2D eigenvalue weighted by atomic mass is 35.5. The molecule has 0 heterocycles. The van der Waals surface area contributed by atoms with Crippen molar-refractivity contribution in [3.8, 4) is 0 Å². The van der Waals surface area contributed by atoms with Crippen LogP contribution >= 0.6 is 12.4 Å². The summed E-state index contributed by atoms with van der Waals surface area (Å²) in [5, 5.41) is 4.94. The molecule has 1 aromatic rings. The molecule has 0 saturated carbocycles. The first-order valence-electron chi connectivity index (χ1n) is 7.52. The molecule has 2 amide bonds. The van der Waals surface area contributed by atoms with Gasteiger partial charge in [-0.2, -0.15) is 13.2 Å². The van der Waals surface area contributed by atoms with Gasteiger partial charge < -0.3 is 16.4 Å². The monoisotopic (exact) mass is 381 g/mol. The van der Waals surface area contributed by atoms with Crippen LogP contribution in [0.2, 0.25) is 0 Å². The van der Waals surface area contributed by atoms with Crippen molar-refractivity contribution < 1.29 is 22.8 Å². The SMILES string of the molecule is CC(NC(=O)CNC(=O)[C@@H](N)C(C)C)c1cccc(C(F)(F)F)c1.Cl. The summed E-state index contributed by atoms with van der Waals surface area (Å²) >= 11 is 0. The van der Waals surface area contributed by atoms with E-state index in [-0.39, 0.29) is 24.9 Å². The van der Waals surface area contributed by atoms with Crippen molar-refractivity contribution in [2.45, 2.75) is 39.0 Å². The van der Waals surface area contributed by atoms with E-state index in [1.165, 1.54) is 12.1 Å². The van der Waals surface area contributed by atoms with Crippen molar-refractivity contribution in [2.75, 3.05) is 6.54 Å². The molecule has 0 radical (unpaired) electrons. The molecule has 5 nitrogen and oxygen atoms in total. The molecular formula is C16H23ClF3N3O2. The number of nitrogens with two attached hydrogens (primary N) is 1. The van der Waals surface area contributed by atoms with Crippen LogP contribution in [0.4, 0.5) is 13.2 Å². The molecule has 1 rings (SSSR count). The van der Waals surface area contributed by atoms with Gasteiger partial charge in [-0.05, 0) is 30.5 Å². The van der Waals surface area contributed by atoms with E-state index in [4.69, 9.17) is 5.73 Å². The molecule has 0 aliphatic heterocycles. The normalized spacial score (nSPS) is 13.6. The highest BCUT2D eigenvalue weighted by Crippen LogP contribution is 2.30. The predicted molar refractivity (Wildman–Crippen MR) is 91.1 cm³/mol. The number of alkyl halides is 3. The number of halogens is 4. The number of carbonyl (C=O) groups excluding carboxylic acids is 2. The molecular weight excluding hydrogens is 359 g/mol. The van der Waals surface area contributed by atoms with E-state index in [2.05, 4.69) is 10.6 Å². The van der Waals surface area contributed by atoms with E-state index in [1.54, 1.807) is 20.8 Å². The van der Waals surface area contributed by atoms with Gasteiger partial charge in [-0.15, -0.1) is 12.4 Å². The van der Waals surface area contributed by atoms with Gasteiger partial charge in [-0.1, -0.05) is 26.0 Å². The maximum Gasteiger partial charge on any atom is 0.416 e. The predicted octanol–water partition coefficient (Wildman–Crippen LogP) is 2.40. The van der Waals surface area contributed by atoms with E-state index >= 15 is 0 Å². The zero-order valence-electron chi connectivity index (χ0n) is 14.2. The van der Waals surface area contributed by atoms with Crippen LogP contribution in [0, 0.1) is 5.92 Å². The van der Waals surface area contributed by atoms with Gasteiger partial charge in [0.05, 0.1) is 24.2 Å². The van der Waals surface area contributed by atoms with Gasteiger partial charge in [0.1, 0.15) is 0 Å². The Morgan fingerprint density at radius 3 is 2.32 bits per heavy atom. The van der Waals surface area contributed by atoms with Crippen LogP contribution in [-0.4, -0.2) is 24.4 Å². The summed E-state index contributed by atoms with van der Waals surface area (Å²) in [6.07, 6.45) is -4.44. The van der Waals surface area contributed by atoms with Crippen LogP contribution in [0.3, 0.4) is 0 Å². The van der Waals surface area contributed by atoms with Gasteiger partial charge in [0.2, 0.25) is 11.8 Å². The standard InChI is InChI=1S/C16H22F3N3O2.ClH/c1-9(2)14(20)15(24)21-8-13(23)22-10(3)11-5-4-6-12(7-11)16(17,18)19;/h4-7,9-10,14H,8,20H2,1-3H3,(H,21,24)(H,22,23);1H/t10?,14-;/m0./s1.